The van der Waals surface area contributed by atoms with Crippen molar-refractivity contribution in [1.29, 1.82) is 5.26 Å². The first-order valence-electron chi connectivity index (χ1n) is 7.08. The average Bonchev–Trinajstić information content (AvgIpc) is 2.93. The summed E-state index contributed by atoms with van der Waals surface area (Å²) in [7, 11) is 3.44. The number of rotatable bonds is 3. The Bertz CT molecular complexity index is 918. The Morgan fingerprint density at radius 3 is 2.61 bits per heavy atom. The van der Waals surface area contributed by atoms with E-state index in [1.54, 1.807) is 31.4 Å². The van der Waals surface area contributed by atoms with E-state index >= 15 is 0 Å². The Morgan fingerprint density at radius 1 is 1.22 bits per heavy atom. The van der Waals surface area contributed by atoms with Gasteiger partial charge in [-0.05, 0) is 36.4 Å². The van der Waals surface area contributed by atoms with Crippen molar-refractivity contribution in [3.63, 3.8) is 0 Å². The molecule has 5 nitrogen and oxygen atoms in total. The van der Waals surface area contributed by atoms with Crippen LogP contribution in [0.5, 0.6) is 5.75 Å². The highest BCUT2D eigenvalue weighted by Crippen LogP contribution is 2.28. The van der Waals surface area contributed by atoms with Crippen molar-refractivity contribution in [3.05, 3.63) is 59.8 Å². The fraction of sp³-hybridized carbons (Fsp3) is 0.111. The van der Waals surface area contributed by atoms with Gasteiger partial charge in [0.25, 0.3) is 5.91 Å². The number of methoxy groups -OCH3 is 1. The number of benzene rings is 2. The van der Waals surface area contributed by atoms with Crippen LogP contribution in [0, 0.1) is 11.3 Å². The molecule has 1 amide bonds. The predicted molar refractivity (Wildman–Crippen MR) is 88.6 cm³/mol. The third kappa shape index (κ3) is 2.62. The van der Waals surface area contributed by atoms with E-state index < -0.39 is 0 Å². The van der Waals surface area contributed by atoms with Crippen LogP contribution < -0.4 is 10.1 Å². The number of nitriles is 1. The molecule has 0 aliphatic carbocycles. The van der Waals surface area contributed by atoms with Crippen LogP contribution in [0.2, 0.25) is 0 Å². The summed E-state index contributed by atoms with van der Waals surface area (Å²) < 4.78 is 7.17. The molecule has 0 atom stereocenters. The first kappa shape index (κ1) is 14.7. The molecule has 3 rings (SSSR count). The Morgan fingerprint density at radius 2 is 1.96 bits per heavy atom. The summed E-state index contributed by atoms with van der Waals surface area (Å²) in [5.41, 5.74) is 2.61. The third-order valence-electron chi connectivity index (χ3n) is 3.74. The van der Waals surface area contributed by atoms with Crippen LogP contribution in [0.15, 0.2) is 48.5 Å². The number of ether oxygens (including phenoxy) is 1. The highest BCUT2D eigenvalue weighted by atomic mass is 16.5. The fourth-order valence-electron chi connectivity index (χ4n) is 2.59. The van der Waals surface area contributed by atoms with Crippen LogP contribution >= 0.6 is 0 Å². The monoisotopic (exact) mass is 305 g/mol. The number of aryl methyl sites for hydroxylation is 1. The fourth-order valence-corrected chi connectivity index (χ4v) is 2.59. The highest BCUT2D eigenvalue weighted by Gasteiger charge is 2.16. The second-order valence-electron chi connectivity index (χ2n) is 5.13. The molecule has 0 saturated carbocycles. The van der Waals surface area contributed by atoms with Gasteiger partial charge in [-0.1, -0.05) is 12.1 Å². The molecule has 23 heavy (non-hydrogen) atoms. The zero-order valence-electron chi connectivity index (χ0n) is 12.8. The summed E-state index contributed by atoms with van der Waals surface area (Å²) in [6.45, 7) is 0. The van der Waals surface area contributed by atoms with Gasteiger partial charge in [0.1, 0.15) is 11.4 Å². The standard InChI is InChI=1S/C18H15N3O2/c1-21-15(10-13-4-3-5-16(23-2)17(13)21)18(22)20-14-8-6-12(11-19)7-9-14/h3-10H,1-2H3,(H,20,22). The summed E-state index contributed by atoms with van der Waals surface area (Å²) in [6.07, 6.45) is 0. The molecule has 5 heteroatoms. The summed E-state index contributed by atoms with van der Waals surface area (Å²) >= 11 is 0. The van der Waals surface area contributed by atoms with E-state index in [0.717, 1.165) is 16.7 Å². The normalized spacial score (nSPS) is 10.3. The molecule has 0 radical (unpaired) electrons. The number of hydrogen-bond donors (Lipinski definition) is 1. The zero-order chi connectivity index (χ0) is 16.4. The molecule has 114 valence electrons. The molecule has 0 fully saturated rings. The first-order chi connectivity index (χ1) is 11.1. The van der Waals surface area contributed by atoms with Crippen LogP contribution in [0.3, 0.4) is 0 Å². The minimum Gasteiger partial charge on any atom is -0.495 e. The van der Waals surface area contributed by atoms with Gasteiger partial charge in [0.2, 0.25) is 0 Å². The van der Waals surface area contributed by atoms with Crippen LogP contribution in [-0.2, 0) is 7.05 Å². The molecule has 1 aromatic heterocycles. The van der Waals surface area contributed by atoms with Gasteiger partial charge in [0.15, 0.2) is 0 Å². The molecule has 0 bridgehead atoms. The number of carbonyl (C=O) groups is 1. The quantitative estimate of drug-likeness (QED) is 0.807. The topological polar surface area (TPSA) is 67.0 Å². The van der Waals surface area contributed by atoms with Gasteiger partial charge in [-0.2, -0.15) is 5.26 Å². The SMILES string of the molecule is COc1cccc2cc(C(=O)Nc3ccc(C#N)cc3)n(C)c12. The number of anilines is 1. The molecule has 0 aliphatic rings. The van der Waals surface area contributed by atoms with E-state index in [-0.39, 0.29) is 5.91 Å². The lowest BCUT2D eigenvalue weighted by Gasteiger charge is -2.08. The predicted octanol–water partition coefficient (Wildman–Crippen LogP) is 3.31. The van der Waals surface area contributed by atoms with Crippen LogP contribution in [0.4, 0.5) is 5.69 Å². The zero-order valence-corrected chi connectivity index (χ0v) is 12.8. The molecule has 3 aromatic rings. The number of carbonyl (C=O) groups excluding carboxylic acids is 1. The Labute approximate surface area is 133 Å². The maximum absolute atomic E-state index is 12.5. The maximum Gasteiger partial charge on any atom is 0.272 e. The number of nitrogens with one attached hydrogen (secondary N) is 1. The lowest BCUT2D eigenvalue weighted by molar-refractivity contribution is 0.102. The second kappa shape index (κ2) is 5.85. The lowest BCUT2D eigenvalue weighted by atomic mass is 10.2. The van der Waals surface area contributed by atoms with Crippen molar-refractivity contribution < 1.29 is 9.53 Å². The number of amides is 1. The minimum absolute atomic E-state index is 0.213. The maximum atomic E-state index is 12.5. The van der Waals surface area contributed by atoms with Crippen molar-refractivity contribution in [2.45, 2.75) is 0 Å². The largest absolute Gasteiger partial charge is 0.495 e. The van der Waals surface area contributed by atoms with Crippen molar-refractivity contribution in [2.75, 3.05) is 12.4 Å². The van der Waals surface area contributed by atoms with Gasteiger partial charge >= 0.3 is 0 Å². The smallest absolute Gasteiger partial charge is 0.272 e. The van der Waals surface area contributed by atoms with Crippen molar-refractivity contribution in [1.82, 2.24) is 4.57 Å². The third-order valence-corrected chi connectivity index (χ3v) is 3.74. The van der Waals surface area contributed by atoms with Gasteiger partial charge in [-0.3, -0.25) is 4.79 Å². The Balaban J connectivity index is 1.94. The van der Waals surface area contributed by atoms with E-state index in [1.165, 1.54) is 0 Å². The number of fused-ring (bicyclic) bond motifs is 1. The molecule has 0 aliphatic heterocycles. The molecule has 1 heterocycles. The molecule has 0 unspecified atom stereocenters. The van der Waals surface area contributed by atoms with E-state index in [1.807, 2.05) is 41.9 Å². The Kier molecular flexibility index (Phi) is 3.73. The average molecular weight is 305 g/mol. The van der Waals surface area contributed by atoms with Gasteiger partial charge in [0, 0.05) is 18.1 Å². The second-order valence-corrected chi connectivity index (χ2v) is 5.13. The number of hydrogen-bond acceptors (Lipinski definition) is 3. The number of aromatic nitrogens is 1. The molecular weight excluding hydrogens is 290 g/mol. The number of nitrogens with zero attached hydrogens (tertiary/aromatic N) is 2. The van der Waals surface area contributed by atoms with Crippen molar-refractivity contribution in [3.8, 4) is 11.8 Å². The summed E-state index contributed by atoms with van der Waals surface area (Å²) in [4.78, 5) is 12.5. The van der Waals surface area contributed by atoms with E-state index in [2.05, 4.69) is 5.32 Å². The summed E-state index contributed by atoms with van der Waals surface area (Å²) in [5, 5.41) is 12.6. The lowest BCUT2D eigenvalue weighted by Crippen LogP contribution is -2.15. The molecular formula is C18H15N3O2. The van der Waals surface area contributed by atoms with Crippen LogP contribution in [0.25, 0.3) is 10.9 Å². The van der Waals surface area contributed by atoms with Crippen LogP contribution in [0.1, 0.15) is 16.1 Å². The Hall–Kier alpha value is -3.26. The highest BCUT2D eigenvalue weighted by molar-refractivity contribution is 6.07. The van der Waals surface area contributed by atoms with Gasteiger partial charge in [0.05, 0.1) is 24.3 Å². The molecule has 0 saturated heterocycles. The molecule has 0 spiro atoms. The van der Waals surface area contributed by atoms with Gasteiger partial charge in [-0.25, -0.2) is 0 Å². The molecule has 1 N–H and O–H groups in total. The molecule has 2 aromatic carbocycles. The van der Waals surface area contributed by atoms with E-state index in [4.69, 9.17) is 10.00 Å². The van der Waals surface area contributed by atoms with Crippen LogP contribution in [-0.4, -0.2) is 17.6 Å². The van der Waals surface area contributed by atoms with E-state index in [9.17, 15) is 4.79 Å². The summed E-state index contributed by atoms with van der Waals surface area (Å²) in [5.74, 6) is 0.512. The van der Waals surface area contributed by atoms with Crippen molar-refractivity contribution >= 4 is 22.5 Å². The van der Waals surface area contributed by atoms with E-state index in [0.29, 0.717) is 16.9 Å². The van der Waals surface area contributed by atoms with Crippen molar-refractivity contribution in [2.24, 2.45) is 7.05 Å². The van der Waals surface area contributed by atoms with Gasteiger partial charge < -0.3 is 14.6 Å². The summed E-state index contributed by atoms with van der Waals surface area (Å²) in [6, 6.07) is 16.3. The minimum atomic E-state index is -0.213. The number of para-hydroxylation sites is 1. The first-order valence-corrected chi connectivity index (χ1v) is 7.08. The van der Waals surface area contributed by atoms with Gasteiger partial charge in [-0.15, -0.1) is 0 Å².